The van der Waals surface area contributed by atoms with E-state index in [-0.39, 0.29) is 12.1 Å². The topological polar surface area (TPSA) is 96.0 Å². The van der Waals surface area contributed by atoms with E-state index in [4.69, 9.17) is 11.0 Å². The maximum absolute atomic E-state index is 11.4. The number of nitrogens with one attached hydrogen (secondary N) is 1. The van der Waals surface area contributed by atoms with Crippen molar-refractivity contribution in [1.29, 1.82) is 5.26 Å². The first-order valence-corrected chi connectivity index (χ1v) is 6.11. The molecule has 1 fully saturated rings. The highest BCUT2D eigenvalue weighted by molar-refractivity contribution is 7.90. The number of sulfonamides is 1. The van der Waals surface area contributed by atoms with Gasteiger partial charge in [0.05, 0.1) is 6.07 Å². The van der Waals surface area contributed by atoms with Gasteiger partial charge >= 0.3 is 0 Å². The molecule has 6 heteroatoms. The number of nitrogens with zero attached hydrogens (tertiary/aromatic N) is 1. The third kappa shape index (κ3) is 2.44. The van der Waals surface area contributed by atoms with E-state index in [0.29, 0.717) is 0 Å². The van der Waals surface area contributed by atoms with Gasteiger partial charge in [-0.05, 0) is 26.2 Å². The van der Waals surface area contributed by atoms with Crippen LogP contribution in [0.3, 0.4) is 0 Å². The predicted molar refractivity (Wildman–Crippen MR) is 52.8 cm³/mol. The van der Waals surface area contributed by atoms with E-state index in [9.17, 15) is 8.42 Å². The molecular formula is C8H15N3O2S. The van der Waals surface area contributed by atoms with E-state index in [1.165, 1.54) is 6.92 Å². The molecule has 5 nitrogen and oxygen atoms in total. The molecular weight excluding hydrogens is 202 g/mol. The van der Waals surface area contributed by atoms with Crippen molar-refractivity contribution in [3.05, 3.63) is 0 Å². The van der Waals surface area contributed by atoms with Crippen molar-refractivity contribution < 1.29 is 8.42 Å². The van der Waals surface area contributed by atoms with Gasteiger partial charge in [0.15, 0.2) is 5.25 Å². The van der Waals surface area contributed by atoms with Gasteiger partial charge in [0.25, 0.3) is 0 Å². The van der Waals surface area contributed by atoms with Crippen LogP contribution in [-0.4, -0.2) is 25.8 Å². The Hall–Kier alpha value is -0.640. The monoisotopic (exact) mass is 217 g/mol. The summed E-state index contributed by atoms with van der Waals surface area (Å²) in [6.07, 6.45) is 2.74. The van der Waals surface area contributed by atoms with Gasteiger partial charge in [-0.1, -0.05) is 0 Å². The number of hydrogen-bond donors (Lipinski definition) is 2. The summed E-state index contributed by atoms with van der Waals surface area (Å²) in [6.45, 7) is 1.59. The van der Waals surface area contributed by atoms with Crippen molar-refractivity contribution in [3.63, 3.8) is 0 Å². The molecule has 1 aliphatic rings. The van der Waals surface area contributed by atoms with Crippen LogP contribution in [0.5, 0.6) is 0 Å². The zero-order valence-corrected chi connectivity index (χ0v) is 8.97. The van der Waals surface area contributed by atoms with Crippen molar-refractivity contribution in [2.75, 3.05) is 6.54 Å². The fourth-order valence-corrected chi connectivity index (χ4v) is 2.12. The molecule has 0 aromatic carbocycles. The van der Waals surface area contributed by atoms with Gasteiger partial charge in [0.2, 0.25) is 10.0 Å². The normalized spacial score (nSPS) is 22.1. The van der Waals surface area contributed by atoms with Gasteiger partial charge in [-0.25, -0.2) is 13.1 Å². The maximum atomic E-state index is 11.4. The zero-order chi connectivity index (χ0) is 10.8. The van der Waals surface area contributed by atoms with Gasteiger partial charge in [0.1, 0.15) is 0 Å². The molecule has 0 aromatic heterocycles. The highest BCUT2D eigenvalue weighted by atomic mass is 32.2. The molecule has 1 aliphatic carbocycles. The summed E-state index contributed by atoms with van der Waals surface area (Å²) in [5.74, 6) is 0. The highest BCUT2D eigenvalue weighted by Crippen LogP contribution is 2.28. The van der Waals surface area contributed by atoms with Gasteiger partial charge in [0, 0.05) is 12.1 Å². The Morgan fingerprint density at radius 1 is 1.64 bits per heavy atom. The Bertz CT molecular complexity index is 340. The smallest absolute Gasteiger partial charge is 0.227 e. The Kier molecular flexibility index (Phi) is 3.14. The minimum atomic E-state index is -3.51. The van der Waals surface area contributed by atoms with Gasteiger partial charge in [-0.2, -0.15) is 5.26 Å². The number of nitrogens with two attached hydrogens (primary N) is 1. The number of hydrogen-bond acceptors (Lipinski definition) is 4. The van der Waals surface area contributed by atoms with Gasteiger partial charge < -0.3 is 5.73 Å². The van der Waals surface area contributed by atoms with E-state index in [2.05, 4.69) is 4.72 Å². The maximum Gasteiger partial charge on any atom is 0.227 e. The fraction of sp³-hybridized carbons (Fsp3) is 0.875. The van der Waals surface area contributed by atoms with Crippen molar-refractivity contribution in [1.82, 2.24) is 4.72 Å². The molecule has 0 saturated heterocycles. The summed E-state index contributed by atoms with van der Waals surface area (Å²) in [7, 11) is -3.51. The van der Waals surface area contributed by atoms with Crippen LogP contribution in [0, 0.1) is 11.3 Å². The van der Waals surface area contributed by atoms with Crippen LogP contribution in [0.4, 0.5) is 0 Å². The van der Waals surface area contributed by atoms with Crippen LogP contribution in [0.15, 0.2) is 0 Å². The van der Waals surface area contributed by atoms with E-state index in [1.807, 2.05) is 0 Å². The highest BCUT2D eigenvalue weighted by Gasteiger charge is 2.34. The van der Waals surface area contributed by atoms with Crippen molar-refractivity contribution in [2.24, 2.45) is 5.73 Å². The van der Waals surface area contributed by atoms with Gasteiger partial charge in [-0.15, -0.1) is 0 Å². The van der Waals surface area contributed by atoms with Crippen molar-refractivity contribution in [3.8, 4) is 6.07 Å². The molecule has 80 valence electrons. The lowest BCUT2D eigenvalue weighted by Crippen LogP contribution is -2.55. The van der Waals surface area contributed by atoms with Crippen LogP contribution >= 0.6 is 0 Å². The Morgan fingerprint density at radius 2 is 2.21 bits per heavy atom. The third-order valence-corrected chi connectivity index (χ3v) is 4.21. The Balaban J connectivity index is 2.49. The molecule has 0 spiro atoms. The van der Waals surface area contributed by atoms with Crippen molar-refractivity contribution in [2.45, 2.75) is 37.0 Å². The van der Waals surface area contributed by atoms with E-state index in [1.54, 1.807) is 6.07 Å². The average molecular weight is 217 g/mol. The first kappa shape index (κ1) is 11.4. The van der Waals surface area contributed by atoms with Crippen LogP contribution in [0.1, 0.15) is 26.2 Å². The average Bonchev–Trinajstić information content (AvgIpc) is 2.10. The van der Waals surface area contributed by atoms with E-state index < -0.39 is 15.3 Å². The first-order chi connectivity index (χ1) is 6.40. The molecule has 14 heavy (non-hydrogen) atoms. The molecule has 0 radical (unpaired) electrons. The molecule has 0 aliphatic heterocycles. The van der Waals surface area contributed by atoms with Crippen LogP contribution in [0.2, 0.25) is 0 Å². The zero-order valence-electron chi connectivity index (χ0n) is 8.16. The molecule has 0 heterocycles. The molecule has 1 rings (SSSR count). The molecule has 3 N–H and O–H groups in total. The number of nitriles is 1. The second-order valence-corrected chi connectivity index (χ2v) is 5.94. The second-order valence-electron chi connectivity index (χ2n) is 3.85. The summed E-state index contributed by atoms with van der Waals surface area (Å²) in [5, 5.41) is 7.45. The standard InChI is InChI=1S/C8H15N3O2S/c1-7(5-9)14(12,13)11-6-8(10)3-2-4-8/h7,11H,2-4,6,10H2,1H3. The van der Waals surface area contributed by atoms with Crippen molar-refractivity contribution >= 4 is 10.0 Å². The summed E-state index contributed by atoms with van der Waals surface area (Å²) in [4.78, 5) is 0. The summed E-state index contributed by atoms with van der Waals surface area (Å²) in [5.41, 5.74) is 5.46. The van der Waals surface area contributed by atoms with Crippen LogP contribution < -0.4 is 10.5 Å². The minimum Gasteiger partial charge on any atom is -0.324 e. The lowest BCUT2D eigenvalue weighted by molar-refractivity contribution is 0.251. The first-order valence-electron chi connectivity index (χ1n) is 4.57. The van der Waals surface area contributed by atoms with E-state index >= 15 is 0 Å². The van der Waals surface area contributed by atoms with E-state index in [0.717, 1.165) is 19.3 Å². The minimum absolute atomic E-state index is 0.237. The summed E-state index contributed by atoms with van der Waals surface area (Å²) in [6, 6.07) is 1.69. The molecule has 1 atom stereocenters. The van der Waals surface area contributed by atoms with Gasteiger partial charge in [-0.3, -0.25) is 0 Å². The predicted octanol–water partition coefficient (Wildman–Crippen LogP) is -0.301. The Labute approximate surface area is 84.3 Å². The molecule has 1 saturated carbocycles. The fourth-order valence-electron chi connectivity index (χ4n) is 1.25. The molecule has 0 aromatic rings. The summed E-state index contributed by atoms with van der Waals surface area (Å²) >= 11 is 0. The molecule has 1 unspecified atom stereocenters. The lowest BCUT2D eigenvalue weighted by atomic mass is 9.78. The third-order valence-electron chi connectivity index (χ3n) is 2.62. The molecule has 0 bridgehead atoms. The summed E-state index contributed by atoms with van der Waals surface area (Å²) < 4.78 is 25.1. The SMILES string of the molecule is CC(C#N)S(=O)(=O)NCC1(N)CCC1. The van der Waals surface area contributed by atoms with Crippen LogP contribution in [-0.2, 0) is 10.0 Å². The largest absolute Gasteiger partial charge is 0.324 e. The second kappa shape index (κ2) is 3.85. The molecule has 0 amide bonds. The van der Waals surface area contributed by atoms with Crippen LogP contribution in [0.25, 0.3) is 0 Å². The Morgan fingerprint density at radius 3 is 2.57 bits per heavy atom. The quantitative estimate of drug-likeness (QED) is 0.675. The lowest BCUT2D eigenvalue weighted by Gasteiger charge is -2.38. The number of rotatable bonds is 4.